The minimum atomic E-state index is 0.0394. The average Bonchev–Trinajstić information content (AvgIpc) is 2.52. The summed E-state index contributed by atoms with van der Waals surface area (Å²) in [6, 6.07) is 0. The summed E-state index contributed by atoms with van der Waals surface area (Å²) < 4.78 is 0.505. The van der Waals surface area contributed by atoms with E-state index in [4.69, 9.17) is 0 Å². The molecule has 1 heterocycles. The van der Waals surface area contributed by atoms with Crippen molar-refractivity contribution >= 4 is 34.4 Å². The molecule has 4 heteroatoms. The maximum Gasteiger partial charge on any atom is 0.230 e. The summed E-state index contributed by atoms with van der Waals surface area (Å²) in [5.41, 5.74) is 0.0521. The fourth-order valence-corrected chi connectivity index (χ4v) is 3.41. The van der Waals surface area contributed by atoms with Gasteiger partial charge in [-0.3, -0.25) is 14.5 Å². The van der Waals surface area contributed by atoms with Crippen molar-refractivity contribution in [3.05, 3.63) is 0 Å². The molecule has 2 aliphatic rings. The Morgan fingerprint density at radius 3 is 2.07 bits per heavy atom. The molecule has 1 spiro atoms. The van der Waals surface area contributed by atoms with Gasteiger partial charge < -0.3 is 0 Å². The van der Waals surface area contributed by atoms with E-state index in [0.29, 0.717) is 17.4 Å². The van der Waals surface area contributed by atoms with Gasteiger partial charge in [-0.05, 0) is 18.3 Å². The Balaban J connectivity index is 2.14. The second-order valence-electron chi connectivity index (χ2n) is 4.40. The van der Waals surface area contributed by atoms with Crippen LogP contribution in [0, 0.1) is 5.41 Å². The molecule has 0 atom stereocenters. The van der Waals surface area contributed by atoms with Crippen LogP contribution in [0.25, 0.3) is 0 Å². The van der Waals surface area contributed by atoms with Gasteiger partial charge in [0.25, 0.3) is 0 Å². The molecule has 1 saturated heterocycles. The first kappa shape index (κ1) is 10.4. The Bertz CT molecular complexity index is 251. The van der Waals surface area contributed by atoms with Crippen molar-refractivity contribution in [2.24, 2.45) is 5.41 Å². The molecule has 78 valence electrons. The van der Waals surface area contributed by atoms with Crippen molar-refractivity contribution < 1.29 is 9.59 Å². The van der Waals surface area contributed by atoms with Gasteiger partial charge in [0.2, 0.25) is 11.8 Å². The second-order valence-corrected chi connectivity index (χ2v) is 5.08. The molecule has 0 bridgehead atoms. The molecule has 0 unspecified atom stereocenters. The quantitative estimate of drug-likeness (QED) is 0.322. The monoisotopic (exact) mass is 307 g/mol. The number of alkyl halides is 1. The SMILES string of the molecule is O=C1CC2(CCCC2)CC(=O)N1CI. The van der Waals surface area contributed by atoms with Gasteiger partial charge in [-0.15, -0.1) is 0 Å². The standard InChI is InChI=1S/C10H14INO2/c11-7-12-8(13)5-10(6-9(12)14)3-1-2-4-10/h1-7H2. The molecule has 0 radical (unpaired) electrons. The Hall–Kier alpha value is -0.130. The molecular weight excluding hydrogens is 293 g/mol. The number of carbonyl (C=O) groups is 2. The van der Waals surface area contributed by atoms with Gasteiger partial charge in [-0.2, -0.15) is 0 Å². The van der Waals surface area contributed by atoms with Crippen LogP contribution >= 0.6 is 22.6 Å². The van der Waals surface area contributed by atoms with Crippen LogP contribution in [0.15, 0.2) is 0 Å². The minimum absolute atomic E-state index is 0.0394. The van der Waals surface area contributed by atoms with Crippen molar-refractivity contribution in [1.82, 2.24) is 4.90 Å². The molecule has 0 N–H and O–H groups in total. The van der Waals surface area contributed by atoms with Crippen molar-refractivity contribution in [2.75, 3.05) is 4.55 Å². The number of hydrogen-bond donors (Lipinski definition) is 0. The number of rotatable bonds is 1. The van der Waals surface area contributed by atoms with Crippen LogP contribution in [-0.4, -0.2) is 21.3 Å². The predicted octanol–water partition coefficient (Wildman–Crippen LogP) is 2.09. The van der Waals surface area contributed by atoms with Gasteiger partial charge in [0, 0.05) is 12.8 Å². The van der Waals surface area contributed by atoms with E-state index >= 15 is 0 Å². The molecule has 2 fully saturated rings. The maximum absolute atomic E-state index is 11.7. The van der Waals surface area contributed by atoms with E-state index in [1.165, 1.54) is 17.7 Å². The average molecular weight is 307 g/mol. The number of halogens is 1. The van der Waals surface area contributed by atoms with E-state index in [-0.39, 0.29) is 17.2 Å². The normalized spacial score (nSPS) is 26.2. The number of hydrogen-bond acceptors (Lipinski definition) is 2. The van der Waals surface area contributed by atoms with E-state index in [1.807, 2.05) is 0 Å². The van der Waals surface area contributed by atoms with E-state index in [2.05, 4.69) is 22.6 Å². The number of amides is 2. The van der Waals surface area contributed by atoms with Gasteiger partial charge in [0.05, 0.1) is 4.55 Å². The van der Waals surface area contributed by atoms with E-state index < -0.39 is 0 Å². The molecule has 3 nitrogen and oxygen atoms in total. The smallest absolute Gasteiger partial charge is 0.230 e. The Kier molecular flexibility index (Phi) is 2.81. The number of imide groups is 1. The predicted molar refractivity (Wildman–Crippen MR) is 60.9 cm³/mol. The van der Waals surface area contributed by atoms with E-state index in [0.717, 1.165) is 12.8 Å². The topological polar surface area (TPSA) is 37.4 Å². The number of piperidine rings is 1. The van der Waals surface area contributed by atoms with Crippen LogP contribution in [0.3, 0.4) is 0 Å². The summed E-state index contributed by atoms with van der Waals surface area (Å²) in [6.45, 7) is 0. The molecule has 0 aromatic heterocycles. The van der Waals surface area contributed by atoms with Crippen LogP contribution in [0.4, 0.5) is 0 Å². The molecule has 14 heavy (non-hydrogen) atoms. The molecule has 2 rings (SSSR count). The van der Waals surface area contributed by atoms with Crippen molar-refractivity contribution in [3.8, 4) is 0 Å². The van der Waals surface area contributed by atoms with Crippen LogP contribution in [0.1, 0.15) is 38.5 Å². The summed E-state index contributed by atoms with van der Waals surface area (Å²) in [5, 5.41) is 0. The van der Waals surface area contributed by atoms with Crippen LogP contribution < -0.4 is 0 Å². The van der Waals surface area contributed by atoms with Crippen molar-refractivity contribution in [2.45, 2.75) is 38.5 Å². The van der Waals surface area contributed by atoms with Gasteiger partial charge in [-0.1, -0.05) is 35.4 Å². The fraction of sp³-hybridized carbons (Fsp3) is 0.800. The summed E-state index contributed by atoms with van der Waals surface area (Å²) in [7, 11) is 0. The van der Waals surface area contributed by atoms with Crippen LogP contribution in [0.2, 0.25) is 0 Å². The highest BCUT2D eigenvalue weighted by Gasteiger charge is 2.44. The lowest BCUT2D eigenvalue weighted by molar-refractivity contribution is -0.151. The molecule has 0 aromatic carbocycles. The molecule has 1 aliphatic carbocycles. The second kappa shape index (κ2) is 3.79. The summed E-state index contributed by atoms with van der Waals surface area (Å²) >= 11 is 2.07. The van der Waals surface area contributed by atoms with E-state index in [9.17, 15) is 9.59 Å². The number of likely N-dealkylation sites (tertiary alicyclic amines) is 1. The van der Waals surface area contributed by atoms with Gasteiger partial charge >= 0.3 is 0 Å². The van der Waals surface area contributed by atoms with Crippen molar-refractivity contribution in [3.63, 3.8) is 0 Å². The molecule has 1 saturated carbocycles. The highest BCUT2D eigenvalue weighted by molar-refractivity contribution is 14.1. The summed E-state index contributed by atoms with van der Waals surface area (Å²) in [4.78, 5) is 24.8. The maximum atomic E-state index is 11.7. The lowest BCUT2D eigenvalue weighted by Crippen LogP contribution is -2.46. The number of carbonyl (C=O) groups excluding carboxylic acids is 2. The van der Waals surface area contributed by atoms with Crippen LogP contribution in [-0.2, 0) is 9.59 Å². The number of nitrogens with zero attached hydrogens (tertiary/aromatic N) is 1. The lowest BCUT2D eigenvalue weighted by atomic mass is 9.76. The third-order valence-electron chi connectivity index (χ3n) is 3.44. The molecular formula is C10H14INO2. The zero-order valence-corrected chi connectivity index (χ0v) is 10.2. The summed E-state index contributed by atoms with van der Waals surface area (Å²) in [5.74, 6) is 0.0788. The Labute approximate surface area is 97.4 Å². The van der Waals surface area contributed by atoms with E-state index in [1.54, 1.807) is 0 Å². The fourth-order valence-electron chi connectivity index (χ4n) is 2.65. The van der Waals surface area contributed by atoms with Gasteiger partial charge in [0.1, 0.15) is 0 Å². The molecule has 1 aliphatic heterocycles. The third-order valence-corrected chi connectivity index (χ3v) is 4.12. The highest BCUT2D eigenvalue weighted by Crippen LogP contribution is 2.46. The first-order valence-corrected chi connectivity index (χ1v) is 6.59. The molecule has 0 aromatic rings. The largest absolute Gasteiger partial charge is 0.274 e. The summed E-state index contributed by atoms with van der Waals surface area (Å²) in [6.07, 6.45) is 5.71. The van der Waals surface area contributed by atoms with Gasteiger partial charge in [-0.25, -0.2) is 0 Å². The third kappa shape index (κ3) is 1.68. The van der Waals surface area contributed by atoms with Crippen LogP contribution in [0.5, 0.6) is 0 Å². The Morgan fingerprint density at radius 2 is 1.64 bits per heavy atom. The zero-order chi connectivity index (χ0) is 10.2. The minimum Gasteiger partial charge on any atom is -0.274 e. The highest BCUT2D eigenvalue weighted by atomic mass is 127. The van der Waals surface area contributed by atoms with Crippen molar-refractivity contribution in [1.29, 1.82) is 0 Å². The lowest BCUT2D eigenvalue weighted by Gasteiger charge is -2.36. The zero-order valence-electron chi connectivity index (χ0n) is 8.09. The molecule has 2 amide bonds. The first-order chi connectivity index (χ1) is 6.67. The Morgan fingerprint density at radius 1 is 1.14 bits per heavy atom. The van der Waals surface area contributed by atoms with Gasteiger partial charge in [0.15, 0.2) is 0 Å². The first-order valence-electron chi connectivity index (χ1n) is 5.06.